The van der Waals surface area contributed by atoms with Crippen molar-refractivity contribution < 1.29 is 9.90 Å². The monoisotopic (exact) mass is 258 g/mol. The summed E-state index contributed by atoms with van der Waals surface area (Å²) < 4.78 is 1.84. The summed E-state index contributed by atoms with van der Waals surface area (Å²) in [4.78, 5) is 10.9. The van der Waals surface area contributed by atoms with Crippen molar-refractivity contribution in [2.75, 3.05) is 0 Å². The topological polar surface area (TPSA) is 55.1 Å². The SMILES string of the molecule is Cc1nn(CCCC(C)(C)C(=O)O)c(C)c1Cl. The summed E-state index contributed by atoms with van der Waals surface area (Å²) in [6.07, 6.45) is 1.40. The van der Waals surface area contributed by atoms with Gasteiger partial charge in [0.1, 0.15) is 0 Å². The predicted molar refractivity (Wildman–Crippen MR) is 67.4 cm³/mol. The molecule has 1 aromatic rings. The smallest absolute Gasteiger partial charge is 0.309 e. The van der Waals surface area contributed by atoms with E-state index in [0.29, 0.717) is 18.0 Å². The minimum Gasteiger partial charge on any atom is -0.481 e. The van der Waals surface area contributed by atoms with Gasteiger partial charge in [-0.1, -0.05) is 11.6 Å². The summed E-state index contributed by atoms with van der Waals surface area (Å²) in [5.74, 6) is -0.760. The van der Waals surface area contributed by atoms with Gasteiger partial charge in [0.25, 0.3) is 0 Å². The molecule has 1 N–H and O–H groups in total. The van der Waals surface area contributed by atoms with Crippen LogP contribution in [0.5, 0.6) is 0 Å². The van der Waals surface area contributed by atoms with Gasteiger partial charge in [-0.05, 0) is 40.5 Å². The van der Waals surface area contributed by atoms with Gasteiger partial charge in [0.2, 0.25) is 0 Å². The number of rotatable bonds is 5. The largest absolute Gasteiger partial charge is 0.481 e. The zero-order valence-corrected chi connectivity index (χ0v) is 11.5. The van der Waals surface area contributed by atoms with Crippen LogP contribution in [0.2, 0.25) is 5.02 Å². The minimum atomic E-state index is -0.760. The summed E-state index contributed by atoms with van der Waals surface area (Å²) in [6, 6.07) is 0. The van der Waals surface area contributed by atoms with E-state index in [-0.39, 0.29) is 0 Å². The Kier molecular flexibility index (Phi) is 4.20. The van der Waals surface area contributed by atoms with Crippen molar-refractivity contribution in [2.45, 2.75) is 47.1 Å². The molecule has 0 amide bonds. The van der Waals surface area contributed by atoms with Crippen LogP contribution >= 0.6 is 11.6 Å². The number of aliphatic carboxylic acids is 1. The summed E-state index contributed by atoms with van der Waals surface area (Å²) in [7, 11) is 0. The van der Waals surface area contributed by atoms with Gasteiger partial charge >= 0.3 is 5.97 Å². The van der Waals surface area contributed by atoms with Crippen LogP contribution in [0.25, 0.3) is 0 Å². The molecule has 0 saturated heterocycles. The molecule has 0 fully saturated rings. The number of carboxylic acids is 1. The quantitative estimate of drug-likeness (QED) is 0.883. The molecule has 0 bridgehead atoms. The van der Waals surface area contributed by atoms with Gasteiger partial charge in [-0.3, -0.25) is 9.48 Å². The Labute approximate surface area is 107 Å². The van der Waals surface area contributed by atoms with E-state index in [9.17, 15) is 4.79 Å². The van der Waals surface area contributed by atoms with Gasteiger partial charge in [0.05, 0.1) is 21.8 Å². The molecule has 0 aliphatic rings. The first-order chi connectivity index (χ1) is 7.75. The molecule has 0 saturated carbocycles. The van der Waals surface area contributed by atoms with E-state index in [2.05, 4.69) is 5.10 Å². The molecule has 1 aromatic heterocycles. The predicted octanol–water partition coefficient (Wildman–Crippen LogP) is 3.04. The molecule has 0 aliphatic heterocycles. The molecule has 4 nitrogen and oxygen atoms in total. The van der Waals surface area contributed by atoms with E-state index in [1.807, 2.05) is 18.5 Å². The number of carbonyl (C=O) groups is 1. The maximum atomic E-state index is 10.9. The first-order valence-corrected chi connectivity index (χ1v) is 6.06. The van der Waals surface area contributed by atoms with E-state index in [1.54, 1.807) is 13.8 Å². The van der Waals surface area contributed by atoms with Crippen LogP contribution in [-0.2, 0) is 11.3 Å². The molecule has 0 atom stereocenters. The van der Waals surface area contributed by atoms with Crippen molar-refractivity contribution in [2.24, 2.45) is 5.41 Å². The van der Waals surface area contributed by atoms with Crippen LogP contribution in [0, 0.1) is 19.3 Å². The zero-order chi connectivity index (χ0) is 13.2. The van der Waals surface area contributed by atoms with E-state index in [4.69, 9.17) is 16.7 Å². The maximum Gasteiger partial charge on any atom is 0.309 e. The highest BCUT2D eigenvalue weighted by Gasteiger charge is 2.26. The Morgan fingerprint density at radius 3 is 2.47 bits per heavy atom. The van der Waals surface area contributed by atoms with Crippen molar-refractivity contribution in [1.29, 1.82) is 0 Å². The second-order valence-corrected chi connectivity index (χ2v) is 5.38. The third-order valence-corrected chi connectivity index (χ3v) is 3.59. The van der Waals surface area contributed by atoms with Crippen LogP contribution in [0.15, 0.2) is 0 Å². The van der Waals surface area contributed by atoms with Crippen LogP contribution in [0.3, 0.4) is 0 Å². The molecular formula is C12H19ClN2O2. The van der Waals surface area contributed by atoms with Crippen molar-refractivity contribution >= 4 is 17.6 Å². The van der Waals surface area contributed by atoms with E-state index < -0.39 is 11.4 Å². The number of hydrogen-bond donors (Lipinski definition) is 1. The van der Waals surface area contributed by atoms with Gasteiger partial charge < -0.3 is 5.11 Å². The van der Waals surface area contributed by atoms with E-state index in [1.165, 1.54) is 0 Å². The summed E-state index contributed by atoms with van der Waals surface area (Å²) >= 11 is 6.04. The Hall–Kier alpha value is -1.03. The van der Waals surface area contributed by atoms with Gasteiger partial charge in [-0.15, -0.1) is 0 Å². The Morgan fingerprint density at radius 2 is 2.06 bits per heavy atom. The molecule has 5 heteroatoms. The van der Waals surface area contributed by atoms with Crippen LogP contribution in [0.1, 0.15) is 38.1 Å². The number of aryl methyl sites for hydroxylation is 2. The number of carboxylic acid groups (broad SMARTS) is 1. The van der Waals surface area contributed by atoms with Crippen molar-refractivity contribution in [1.82, 2.24) is 9.78 Å². The fraction of sp³-hybridized carbons (Fsp3) is 0.667. The van der Waals surface area contributed by atoms with Gasteiger partial charge in [0.15, 0.2) is 0 Å². The lowest BCUT2D eigenvalue weighted by atomic mass is 9.88. The van der Waals surface area contributed by atoms with Crippen molar-refractivity contribution in [3.8, 4) is 0 Å². The molecular weight excluding hydrogens is 240 g/mol. The Bertz CT molecular complexity index is 424. The number of nitrogens with zero attached hydrogens (tertiary/aromatic N) is 2. The highest BCUT2D eigenvalue weighted by molar-refractivity contribution is 6.31. The van der Waals surface area contributed by atoms with Crippen molar-refractivity contribution in [3.63, 3.8) is 0 Å². The zero-order valence-electron chi connectivity index (χ0n) is 10.7. The van der Waals surface area contributed by atoms with Crippen LogP contribution < -0.4 is 0 Å². The lowest BCUT2D eigenvalue weighted by Gasteiger charge is -2.18. The number of hydrogen-bond acceptors (Lipinski definition) is 2. The number of halogens is 1. The standard InChI is InChI=1S/C12H19ClN2O2/c1-8-10(13)9(2)15(14-8)7-5-6-12(3,4)11(16)17/h5-7H2,1-4H3,(H,16,17). The second kappa shape index (κ2) is 5.08. The fourth-order valence-electron chi connectivity index (χ4n) is 1.67. The third-order valence-electron chi connectivity index (χ3n) is 3.04. The summed E-state index contributed by atoms with van der Waals surface area (Å²) in [5.41, 5.74) is 1.08. The molecule has 0 unspecified atom stereocenters. The Morgan fingerprint density at radius 1 is 1.47 bits per heavy atom. The van der Waals surface area contributed by atoms with E-state index in [0.717, 1.165) is 17.8 Å². The normalized spacial score (nSPS) is 11.8. The third kappa shape index (κ3) is 3.22. The molecule has 0 aliphatic carbocycles. The molecule has 0 aromatic carbocycles. The maximum absolute atomic E-state index is 10.9. The van der Waals surface area contributed by atoms with Gasteiger partial charge in [-0.2, -0.15) is 5.10 Å². The fourth-order valence-corrected chi connectivity index (χ4v) is 1.81. The first-order valence-electron chi connectivity index (χ1n) is 5.68. The second-order valence-electron chi connectivity index (χ2n) is 5.00. The lowest BCUT2D eigenvalue weighted by molar-refractivity contribution is -0.147. The summed E-state index contributed by atoms with van der Waals surface area (Å²) in [5, 5.41) is 14.0. The van der Waals surface area contributed by atoms with Gasteiger partial charge in [-0.25, -0.2) is 0 Å². The highest BCUT2D eigenvalue weighted by Crippen LogP contribution is 2.24. The average Bonchev–Trinajstić information content (AvgIpc) is 2.46. The molecule has 96 valence electrons. The molecule has 1 rings (SSSR count). The molecule has 0 spiro atoms. The first kappa shape index (κ1) is 14.0. The molecule has 17 heavy (non-hydrogen) atoms. The number of aromatic nitrogens is 2. The average molecular weight is 259 g/mol. The molecule has 0 radical (unpaired) electrons. The van der Waals surface area contributed by atoms with Gasteiger partial charge in [0, 0.05) is 6.54 Å². The lowest BCUT2D eigenvalue weighted by Crippen LogP contribution is -2.24. The van der Waals surface area contributed by atoms with Crippen molar-refractivity contribution in [3.05, 3.63) is 16.4 Å². The highest BCUT2D eigenvalue weighted by atomic mass is 35.5. The van der Waals surface area contributed by atoms with Crippen LogP contribution in [-0.4, -0.2) is 20.9 Å². The van der Waals surface area contributed by atoms with E-state index >= 15 is 0 Å². The summed E-state index contributed by atoms with van der Waals surface area (Å²) in [6.45, 7) is 7.97. The Balaban J connectivity index is 2.57. The minimum absolute atomic E-state index is 0.623. The molecule has 1 heterocycles. The van der Waals surface area contributed by atoms with Crippen LogP contribution in [0.4, 0.5) is 0 Å².